The van der Waals surface area contributed by atoms with E-state index in [1.807, 2.05) is 77.3 Å². The van der Waals surface area contributed by atoms with Crippen LogP contribution in [0.2, 0.25) is 0 Å². The number of fused-ring (bicyclic) bond motifs is 2. The van der Waals surface area contributed by atoms with Crippen LogP contribution < -0.4 is 14.2 Å². The molecule has 0 saturated heterocycles. The molecular weight excluding hydrogens is 480 g/mol. The van der Waals surface area contributed by atoms with E-state index in [1.54, 1.807) is 26.0 Å². The Labute approximate surface area is 223 Å². The molecule has 9 nitrogen and oxygen atoms in total. The molecule has 3 aromatic heterocycles. The smallest absolute Gasteiger partial charge is 0.180 e. The molecule has 0 spiro atoms. The summed E-state index contributed by atoms with van der Waals surface area (Å²) in [6, 6.07) is 11.5. The fraction of sp³-hybridized carbons (Fsp3) is 0.345. The number of hydrogen-bond donors (Lipinski definition) is 0. The van der Waals surface area contributed by atoms with Crippen molar-refractivity contribution in [3.8, 4) is 28.8 Å². The highest BCUT2D eigenvalue weighted by Crippen LogP contribution is 2.33. The minimum Gasteiger partial charge on any atom is -0.497 e. The van der Waals surface area contributed by atoms with Gasteiger partial charge in [-0.3, -0.25) is 4.68 Å². The van der Waals surface area contributed by atoms with Gasteiger partial charge in [-0.05, 0) is 38.1 Å². The van der Waals surface area contributed by atoms with E-state index in [-0.39, 0.29) is 0 Å². The maximum atomic E-state index is 5.33. The minimum absolute atomic E-state index is 0.604. The van der Waals surface area contributed by atoms with Crippen molar-refractivity contribution < 1.29 is 14.2 Å². The molecule has 38 heavy (non-hydrogen) atoms. The van der Waals surface area contributed by atoms with Gasteiger partial charge in [-0.2, -0.15) is 5.10 Å². The van der Waals surface area contributed by atoms with Crippen LogP contribution in [-0.2, 0) is 13.5 Å². The third-order valence-electron chi connectivity index (χ3n) is 5.79. The zero-order chi connectivity index (χ0) is 27.8. The Balaban J connectivity index is 0.000000208. The SMILES string of the molecule is CC.CCc1nc(C)c2ccc(OC)cc2n1.COc1cc2nc(-c3ccn(C)n3)nc(C)c2cc1OC. The Morgan fingerprint density at radius 2 is 1.39 bits per heavy atom. The van der Waals surface area contributed by atoms with Gasteiger partial charge < -0.3 is 14.2 Å². The molecule has 0 radical (unpaired) electrons. The van der Waals surface area contributed by atoms with Gasteiger partial charge in [0.25, 0.3) is 0 Å². The number of rotatable bonds is 5. The van der Waals surface area contributed by atoms with Gasteiger partial charge >= 0.3 is 0 Å². The molecule has 200 valence electrons. The molecule has 5 aromatic rings. The molecular formula is C29H36N6O3. The van der Waals surface area contributed by atoms with Crippen LogP contribution in [0.25, 0.3) is 33.3 Å². The van der Waals surface area contributed by atoms with Crippen molar-refractivity contribution in [1.29, 1.82) is 0 Å². The van der Waals surface area contributed by atoms with E-state index < -0.39 is 0 Å². The maximum absolute atomic E-state index is 5.33. The lowest BCUT2D eigenvalue weighted by Gasteiger charge is -2.10. The second-order valence-electron chi connectivity index (χ2n) is 8.19. The molecule has 0 unspecified atom stereocenters. The highest BCUT2D eigenvalue weighted by Gasteiger charge is 2.13. The van der Waals surface area contributed by atoms with Gasteiger partial charge in [0, 0.05) is 54.0 Å². The molecule has 0 aliphatic rings. The van der Waals surface area contributed by atoms with Crippen LogP contribution in [-0.4, -0.2) is 51.0 Å². The number of aryl methyl sites for hydroxylation is 4. The topological polar surface area (TPSA) is 97.1 Å². The lowest BCUT2D eigenvalue weighted by molar-refractivity contribution is 0.355. The van der Waals surface area contributed by atoms with E-state index >= 15 is 0 Å². The van der Waals surface area contributed by atoms with E-state index in [2.05, 4.69) is 32.0 Å². The zero-order valence-corrected chi connectivity index (χ0v) is 23.7. The summed E-state index contributed by atoms with van der Waals surface area (Å²) in [7, 11) is 6.75. The molecule has 3 heterocycles. The van der Waals surface area contributed by atoms with Gasteiger partial charge in [0.05, 0.1) is 32.4 Å². The van der Waals surface area contributed by atoms with Crippen LogP contribution in [0.15, 0.2) is 42.6 Å². The maximum Gasteiger partial charge on any atom is 0.180 e. The summed E-state index contributed by atoms with van der Waals surface area (Å²) in [6.07, 6.45) is 2.72. The van der Waals surface area contributed by atoms with Gasteiger partial charge in [0.1, 0.15) is 17.3 Å². The first-order valence-corrected chi connectivity index (χ1v) is 12.6. The standard InChI is InChI=1S/C15H16N4O2.C12H14N2O.C2H6/c1-9-10-7-13(20-3)14(21-4)8-12(10)17-15(16-9)11-5-6-19(2)18-11;1-4-12-13-8(2)10-6-5-9(15-3)7-11(10)14-12;1-2/h5-8H,1-4H3;5-7H,4H2,1-3H3;1-2H3. The van der Waals surface area contributed by atoms with Gasteiger partial charge in [0.2, 0.25) is 0 Å². The van der Waals surface area contributed by atoms with E-state index in [4.69, 9.17) is 14.2 Å². The third kappa shape index (κ3) is 6.16. The summed E-state index contributed by atoms with van der Waals surface area (Å²) in [4.78, 5) is 18.0. The summed E-state index contributed by atoms with van der Waals surface area (Å²) in [5, 5.41) is 6.37. The fourth-order valence-electron chi connectivity index (χ4n) is 3.87. The lowest BCUT2D eigenvalue weighted by Crippen LogP contribution is -1.98. The van der Waals surface area contributed by atoms with Gasteiger partial charge in [-0.25, -0.2) is 19.9 Å². The number of hydrogen-bond acceptors (Lipinski definition) is 8. The van der Waals surface area contributed by atoms with E-state index in [0.717, 1.165) is 56.9 Å². The fourth-order valence-corrected chi connectivity index (χ4v) is 3.87. The molecule has 0 fully saturated rings. The molecule has 0 bridgehead atoms. The van der Waals surface area contributed by atoms with Crippen molar-refractivity contribution in [3.05, 3.63) is 59.8 Å². The van der Waals surface area contributed by atoms with Crippen LogP contribution in [0.5, 0.6) is 17.2 Å². The third-order valence-corrected chi connectivity index (χ3v) is 5.79. The molecule has 0 N–H and O–H groups in total. The average molecular weight is 517 g/mol. The zero-order valence-electron chi connectivity index (χ0n) is 23.7. The summed E-state index contributed by atoms with van der Waals surface area (Å²) in [5.74, 6) is 3.64. The first-order valence-electron chi connectivity index (χ1n) is 12.6. The van der Waals surface area contributed by atoms with E-state index in [0.29, 0.717) is 17.3 Å². The van der Waals surface area contributed by atoms with Crippen LogP contribution >= 0.6 is 0 Å². The normalized spacial score (nSPS) is 10.3. The summed E-state index contributed by atoms with van der Waals surface area (Å²) in [5.41, 5.74) is 4.41. The summed E-state index contributed by atoms with van der Waals surface area (Å²) >= 11 is 0. The predicted molar refractivity (Wildman–Crippen MR) is 151 cm³/mol. The Bertz CT molecular complexity index is 1530. The molecule has 0 saturated carbocycles. The van der Waals surface area contributed by atoms with E-state index in [9.17, 15) is 0 Å². The Morgan fingerprint density at radius 1 is 0.737 bits per heavy atom. The minimum atomic E-state index is 0.604. The molecule has 9 heteroatoms. The summed E-state index contributed by atoms with van der Waals surface area (Å²) in [6.45, 7) is 10.0. The second kappa shape index (κ2) is 12.8. The largest absolute Gasteiger partial charge is 0.497 e. The van der Waals surface area contributed by atoms with Crippen molar-refractivity contribution in [2.45, 2.75) is 41.0 Å². The van der Waals surface area contributed by atoms with Gasteiger partial charge in [-0.15, -0.1) is 0 Å². The Morgan fingerprint density at radius 3 is 2.00 bits per heavy atom. The number of aromatic nitrogens is 6. The predicted octanol–water partition coefficient (Wildman–Crippen LogP) is 5.89. The molecule has 2 aromatic carbocycles. The number of ether oxygens (including phenoxy) is 3. The first kappa shape index (κ1) is 28.3. The van der Waals surface area contributed by atoms with Crippen LogP contribution in [0.3, 0.4) is 0 Å². The van der Waals surface area contributed by atoms with E-state index in [1.165, 1.54) is 0 Å². The number of benzene rings is 2. The molecule has 0 amide bonds. The monoisotopic (exact) mass is 516 g/mol. The highest BCUT2D eigenvalue weighted by atomic mass is 16.5. The summed E-state index contributed by atoms with van der Waals surface area (Å²) < 4.78 is 17.6. The second-order valence-corrected chi connectivity index (χ2v) is 8.19. The van der Waals surface area contributed by atoms with Crippen molar-refractivity contribution in [3.63, 3.8) is 0 Å². The lowest BCUT2D eigenvalue weighted by atomic mass is 10.1. The quantitative estimate of drug-likeness (QED) is 0.285. The van der Waals surface area contributed by atoms with Crippen LogP contribution in [0, 0.1) is 13.8 Å². The molecule has 0 aliphatic carbocycles. The number of nitrogens with zero attached hydrogens (tertiary/aromatic N) is 6. The van der Waals surface area contributed by atoms with Crippen molar-refractivity contribution in [2.24, 2.45) is 7.05 Å². The van der Waals surface area contributed by atoms with Gasteiger partial charge in [-0.1, -0.05) is 20.8 Å². The van der Waals surface area contributed by atoms with Crippen molar-refractivity contribution >= 4 is 21.8 Å². The molecule has 0 aliphatic heterocycles. The first-order chi connectivity index (χ1) is 18.4. The van der Waals surface area contributed by atoms with Crippen LogP contribution in [0.4, 0.5) is 0 Å². The molecule has 5 rings (SSSR count). The Hall–Kier alpha value is -4.27. The van der Waals surface area contributed by atoms with Gasteiger partial charge in [0.15, 0.2) is 17.3 Å². The van der Waals surface area contributed by atoms with Crippen molar-refractivity contribution in [2.75, 3.05) is 21.3 Å². The average Bonchev–Trinajstić information content (AvgIpc) is 3.39. The molecule has 0 atom stereocenters. The number of methoxy groups -OCH3 is 3. The van der Waals surface area contributed by atoms with Crippen molar-refractivity contribution in [1.82, 2.24) is 29.7 Å². The Kier molecular flexibility index (Phi) is 9.54. The highest BCUT2D eigenvalue weighted by molar-refractivity contribution is 5.86. The van der Waals surface area contributed by atoms with Crippen LogP contribution in [0.1, 0.15) is 38.0 Å².